The zero-order chi connectivity index (χ0) is 21.0. The molecule has 1 nitrogen and oxygen atoms in total. The van der Waals surface area contributed by atoms with E-state index in [1.54, 1.807) is 0 Å². The average Bonchev–Trinajstić information content (AvgIpc) is 3.00. The maximum Gasteiger partial charge on any atom is 0.122 e. The molecule has 0 aliphatic heterocycles. The molecular weight excluding hydrogens is 359 g/mol. The second-order valence-electron chi connectivity index (χ2n) is 12.3. The molecule has 0 saturated heterocycles. The quantitative estimate of drug-likeness (QED) is 0.475. The highest BCUT2D eigenvalue weighted by molar-refractivity contribution is 5.29. The van der Waals surface area contributed by atoms with Gasteiger partial charge in [0, 0.05) is 0 Å². The highest BCUT2D eigenvalue weighted by Gasteiger charge is 2.61. The Balaban J connectivity index is 1.52. The lowest BCUT2D eigenvalue weighted by atomic mass is 9.46. The molecule has 0 amide bonds. The SMILES string of the molecule is CC(C)CCC[C@@H](C)[C@H]1CC[C@H]2[C@@H]3C[C@H](F)C4=C[C@H](O)CC[C@]4(C)[C@H]3CC[C@]12C. The predicted molar refractivity (Wildman–Crippen MR) is 119 cm³/mol. The molecule has 166 valence electrons. The molecule has 3 fully saturated rings. The number of fused-ring (bicyclic) bond motifs is 5. The Morgan fingerprint density at radius 2 is 1.79 bits per heavy atom. The molecule has 0 aromatic rings. The first kappa shape index (κ1) is 21.8. The largest absolute Gasteiger partial charge is 0.389 e. The van der Waals surface area contributed by atoms with Crippen LogP contribution < -0.4 is 0 Å². The van der Waals surface area contributed by atoms with E-state index < -0.39 is 12.3 Å². The van der Waals surface area contributed by atoms with Crippen LogP contribution in [0.1, 0.15) is 98.8 Å². The van der Waals surface area contributed by atoms with E-state index in [4.69, 9.17) is 0 Å². The van der Waals surface area contributed by atoms with Crippen molar-refractivity contribution in [1.82, 2.24) is 0 Å². The normalized spacial score (nSPS) is 47.9. The number of allylic oxidation sites excluding steroid dienone is 1. The summed E-state index contributed by atoms with van der Waals surface area (Å²) in [5, 5.41) is 10.1. The lowest BCUT2D eigenvalue weighted by Gasteiger charge is -2.59. The van der Waals surface area contributed by atoms with Crippen molar-refractivity contribution < 1.29 is 9.50 Å². The third kappa shape index (κ3) is 3.64. The Bertz CT molecular complexity index is 626. The molecule has 0 aromatic carbocycles. The highest BCUT2D eigenvalue weighted by atomic mass is 19.1. The minimum absolute atomic E-state index is 0.0101. The Kier molecular flexibility index (Phi) is 5.99. The zero-order valence-corrected chi connectivity index (χ0v) is 19.6. The Morgan fingerprint density at radius 1 is 1.03 bits per heavy atom. The Morgan fingerprint density at radius 3 is 2.52 bits per heavy atom. The summed E-state index contributed by atoms with van der Waals surface area (Å²) in [5.41, 5.74) is 1.37. The number of rotatable bonds is 5. The van der Waals surface area contributed by atoms with E-state index in [0.717, 1.165) is 36.2 Å². The van der Waals surface area contributed by atoms with Crippen LogP contribution in [0.4, 0.5) is 4.39 Å². The molecule has 4 aliphatic rings. The highest BCUT2D eigenvalue weighted by Crippen LogP contribution is 2.68. The average molecular weight is 405 g/mol. The molecule has 1 N–H and O–H groups in total. The Hall–Kier alpha value is -0.370. The second kappa shape index (κ2) is 7.95. The van der Waals surface area contributed by atoms with Crippen molar-refractivity contribution in [3.63, 3.8) is 0 Å². The first-order valence-corrected chi connectivity index (χ1v) is 12.7. The van der Waals surface area contributed by atoms with Crippen LogP contribution in [-0.4, -0.2) is 17.4 Å². The van der Waals surface area contributed by atoms with Crippen LogP contribution in [0.15, 0.2) is 11.6 Å². The van der Waals surface area contributed by atoms with Gasteiger partial charge in [0.1, 0.15) is 6.17 Å². The molecule has 2 heteroatoms. The number of aliphatic hydroxyl groups is 1. The molecule has 0 aromatic heterocycles. The lowest BCUT2D eigenvalue weighted by Crippen LogP contribution is -2.53. The molecule has 0 heterocycles. The summed E-state index contributed by atoms with van der Waals surface area (Å²) < 4.78 is 15.4. The van der Waals surface area contributed by atoms with Crippen LogP contribution in [-0.2, 0) is 0 Å². The molecule has 0 spiro atoms. The molecule has 3 saturated carbocycles. The van der Waals surface area contributed by atoms with Crippen molar-refractivity contribution in [2.75, 3.05) is 0 Å². The van der Waals surface area contributed by atoms with Crippen LogP contribution in [0, 0.1) is 46.3 Å². The molecule has 0 unspecified atom stereocenters. The van der Waals surface area contributed by atoms with Gasteiger partial charge in [-0.25, -0.2) is 4.39 Å². The molecule has 4 rings (SSSR count). The van der Waals surface area contributed by atoms with Crippen molar-refractivity contribution >= 4 is 0 Å². The Labute approximate surface area is 178 Å². The van der Waals surface area contributed by atoms with Crippen LogP contribution in [0.5, 0.6) is 0 Å². The molecule has 0 bridgehead atoms. The van der Waals surface area contributed by atoms with E-state index in [2.05, 4.69) is 34.6 Å². The minimum atomic E-state index is -0.832. The summed E-state index contributed by atoms with van der Waals surface area (Å²) in [6.07, 6.45) is 12.5. The molecule has 0 radical (unpaired) electrons. The van der Waals surface area contributed by atoms with Crippen molar-refractivity contribution in [1.29, 1.82) is 0 Å². The summed E-state index contributed by atoms with van der Waals surface area (Å²) in [5.74, 6) is 4.33. The number of halogens is 1. The number of aliphatic hydroxyl groups excluding tert-OH is 1. The summed E-state index contributed by atoms with van der Waals surface area (Å²) in [7, 11) is 0. The summed E-state index contributed by atoms with van der Waals surface area (Å²) in [6.45, 7) is 12.1. The monoisotopic (exact) mass is 404 g/mol. The van der Waals surface area contributed by atoms with Gasteiger partial charge < -0.3 is 5.11 Å². The van der Waals surface area contributed by atoms with Gasteiger partial charge in [0.15, 0.2) is 0 Å². The van der Waals surface area contributed by atoms with E-state index in [1.165, 1.54) is 44.9 Å². The van der Waals surface area contributed by atoms with Gasteiger partial charge in [-0.3, -0.25) is 0 Å². The van der Waals surface area contributed by atoms with Crippen molar-refractivity contribution in [2.45, 2.75) is 111 Å². The van der Waals surface area contributed by atoms with Gasteiger partial charge in [-0.15, -0.1) is 0 Å². The standard InChI is InChI=1S/C27H45FO/c1-17(2)7-6-8-18(3)21-9-10-22-20-16-25(28)24-15-19(29)11-13-27(24,5)23(20)12-14-26(21,22)4/h15,17-23,25,29H,6-14,16H2,1-5H3/t18-,19-,20+,21-,22+,23+,25+,26-,27-/m1/s1. The van der Waals surface area contributed by atoms with Gasteiger partial charge in [-0.2, -0.15) is 0 Å². The van der Waals surface area contributed by atoms with E-state index in [9.17, 15) is 5.11 Å². The van der Waals surface area contributed by atoms with Crippen LogP contribution in [0.2, 0.25) is 0 Å². The third-order valence-electron chi connectivity index (χ3n) is 10.3. The van der Waals surface area contributed by atoms with Crippen LogP contribution in [0.3, 0.4) is 0 Å². The summed E-state index contributed by atoms with van der Waals surface area (Å²) >= 11 is 0. The fourth-order valence-corrected chi connectivity index (χ4v) is 8.73. The van der Waals surface area contributed by atoms with E-state index in [0.29, 0.717) is 29.6 Å². The molecule has 4 aliphatic carbocycles. The third-order valence-corrected chi connectivity index (χ3v) is 10.3. The van der Waals surface area contributed by atoms with Gasteiger partial charge in [0.05, 0.1) is 6.10 Å². The van der Waals surface area contributed by atoms with Gasteiger partial charge in [0.25, 0.3) is 0 Å². The second-order valence-corrected chi connectivity index (χ2v) is 12.3. The number of hydrogen-bond acceptors (Lipinski definition) is 1. The molecule has 9 atom stereocenters. The fourth-order valence-electron chi connectivity index (χ4n) is 8.73. The van der Waals surface area contributed by atoms with Gasteiger partial charge in [-0.05, 0) is 96.9 Å². The molecule has 29 heavy (non-hydrogen) atoms. The van der Waals surface area contributed by atoms with Crippen molar-refractivity contribution in [3.8, 4) is 0 Å². The van der Waals surface area contributed by atoms with Crippen LogP contribution >= 0.6 is 0 Å². The smallest absolute Gasteiger partial charge is 0.122 e. The maximum absolute atomic E-state index is 15.4. The zero-order valence-electron chi connectivity index (χ0n) is 19.6. The van der Waals surface area contributed by atoms with Gasteiger partial charge >= 0.3 is 0 Å². The van der Waals surface area contributed by atoms with Gasteiger partial charge in [0.2, 0.25) is 0 Å². The van der Waals surface area contributed by atoms with E-state index >= 15 is 4.39 Å². The van der Waals surface area contributed by atoms with E-state index in [-0.39, 0.29) is 5.41 Å². The fraction of sp³-hybridized carbons (Fsp3) is 0.926. The first-order chi connectivity index (χ1) is 13.7. The lowest BCUT2D eigenvalue weighted by molar-refractivity contribution is -0.0768. The van der Waals surface area contributed by atoms with E-state index in [1.807, 2.05) is 6.08 Å². The maximum atomic E-state index is 15.4. The molecular formula is C27H45FO. The minimum Gasteiger partial charge on any atom is -0.389 e. The van der Waals surface area contributed by atoms with Gasteiger partial charge in [-0.1, -0.05) is 60.0 Å². The summed E-state index contributed by atoms with van der Waals surface area (Å²) in [6, 6.07) is 0. The number of hydrogen-bond donors (Lipinski definition) is 1. The van der Waals surface area contributed by atoms with Crippen molar-refractivity contribution in [3.05, 3.63) is 11.6 Å². The summed E-state index contributed by atoms with van der Waals surface area (Å²) in [4.78, 5) is 0. The predicted octanol–water partition coefficient (Wildman–Crippen LogP) is 7.34. The van der Waals surface area contributed by atoms with Crippen LogP contribution in [0.25, 0.3) is 0 Å². The number of alkyl halides is 1. The van der Waals surface area contributed by atoms with Crippen molar-refractivity contribution in [2.24, 2.45) is 46.3 Å². The topological polar surface area (TPSA) is 20.2 Å². The first-order valence-electron chi connectivity index (χ1n) is 12.7.